The van der Waals surface area contributed by atoms with Crippen molar-refractivity contribution < 1.29 is 31.1 Å². The van der Waals surface area contributed by atoms with Crippen molar-refractivity contribution in [2.24, 2.45) is 5.92 Å². The van der Waals surface area contributed by atoms with Crippen molar-refractivity contribution in [1.29, 1.82) is 0 Å². The van der Waals surface area contributed by atoms with Gasteiger partial charge in [0, 0.05) is 32.0 Å². The van der Waals surface area contributed by atoms with Gasteiger partial charge in [0.2, 0.25) is 0 Å². The van der Waals surface area contributed by atoms with Crippen LogP contribution in [-0.2, 0) is 26.1 Å². The first-order valence-electron chi connectivity index (χ1n) is 8.35. The summed E-state index contributed by atoms with van der Waals surface area (Å²) >= 11 is 0. The van der Waals surface area contributed by atoms with Crippen LogP contribution in [0, 0.1) is 12.8 Å². The molecule has 2 saturated heterocycles. The van der Waals surface area contributed by atoms with Gasteiger partial charge in [-0.25, -0.2) is 8.42 Å². The van der Waals surface area contributed by atoms with E-state index in [2.05, 4.69) is 4.98 Å². The minimum atomic E-state index is -5.28. The van der Waals surface area contributed by atoms with Gasteiger partial charge in [-0.2, -0.15) is 17.5 Å². The number of hydrogen-bond acceptors (Lipinski definition) is 5. The van der Waals surface area contributed by atoms with Gasteiger partial charge in [-0.1, -0.05) is 6.07 Å². The molecule has 3 heterocycles. The van der Waals surface area contributed by atoms with Crippen LogP contribution in [0.4, 0.5) is 13.2 Å². The van der Waals surface area contributed by atoms with Crippen molar-refractivity contribution in [3.8, 4) is 0 Å². The molecule has 2 aliphatic heterocycles. The molecule has 10 heteroatoms. The number of alkyl halides is 3. The second-order valence-corrected chi connectivity index (χ2v) is 8.66. The van der Waals surface area contributed by atoms with E-state index in [1.165, 1.54) is 0 Å². The van der Waals surface area contributed by atoms with E-state index in [-0.39, 0.29) is 19.0 Å². The molecule has 2 fully saturated rings. The Labute approximate surface area is 150 Å². The van der Waals surface area contributed by atoms with Gasteiger partial charge in [0.1, 0.15) is 0 Å². The summed E-state index contributed by atoms with van der Waals surface area (Å²) < 4.78 is 72.4. The first-order valence-corrected chi connectivity index (χ1v) is 9.79. The number of halogens is 3. The van der Waals surface area contributed by atoms with Crippen LogP contribution >= 0.6 is 0 Å². The molecule has 1 spiro atoms. The Kier molecular flexibility index (Phi) is 5.31. The highest BCUT2D eigenvalue weighted by Gasteiger charge is 2.61. The Morgan fingerprint density at radius 2 is 2.12 bits per heavy atom. The molecule has 2 aliphatic rings. The van der Waals surface area contributed by atoms with Crippen molar-refractivity contribution in [2.75, 3.05) is 26.3 Å². The highest BCUT2D eigenvalue weighted by Crippen LogP contribution is 2.44. The van der Waals surface area contributed by atoms with Crippen LogP contribution in [0.2, 0.25) is 0 Å². The fourth-order valence-electron chi connectivity index (χ4n) is 3.49. The molecular formula is C16H21F3N2O4S. The van der Waals surface area contributed by atoms with Crippen LogP contribution in [0.3, 0.4) is 0 Å². The van der Waals surface area contributed by atoms with Crippen molar-refractivity contribution in [3.05, 3.63) is 29.6 Å². The Morgan fingerprint density at radius 1 is 1.38 bits per heavy atom. The summed E-state index contributed by atoms with van der Waals surface area (Å²) in [5.74, 6) is -0.0207. The van der Waals surface area contributed by atoms with Crippen LogP contribution in [0.25, 0.3) is 0 Å². The van der Waals surface area contributed by atoms with Crippen LogP contribution in [-0.4, -0.2) is 55.1 Å². The maximum Gasteiger partial charge on any atom is 0.511 e. The van der Waals surface area contributed by atoms with Crippen LogP contribution < -0.4 is 0 Å². The van der Waals surface area contributed by atoms with Crippen molar-refractivity contribution >= 4 is 10.0 Å². The highest BCUT2D eigenvalue weighted by atomic mass is 32.2. The number of aryl methyl sites for hydroxylation is 1. The summed E-state index contributed by atoms with van der Waals surface area (Å²) in [4.78, 5) is 4.33. The number of ether oxygens (including phenoxy) is 2. The highest BCUT2D eigenvalue weighted by molar-refractivity contribution is 7.90. The first-order chi connectivity index (χ1) is 12.1. The van der Waals surface area contributed by atoms with Crippen LogP contribution in [0.5, 0.6) is 0 Å². The lowest BCUT2D eigenvalue weighted by Crippen LogP contribution is -2.67. The lowest BCUT2D eigenvalue weighted by atomic mass is 9.80. The molecule has 0 aliphatic carbocycles. The third-order valence-corrected chi connectivity index (χ3v) is 6.45. The van der Waals surface area contributed by atoms with E-state index in [4.69, 9.17) is 9.47 Å². The Bertz CT molecular complexity index is 748. The van der Waals surface area contributed by atoms with E-state index in [9.17, 15) is 21.6 Å². The zero-order valence-electron chi connectivity index (χ0n) is 14.3. The van der Waals surface area contributed by atoms with Gasteiger partial charge in [-0.05, 0) is 37.8 Å². The maximum atomic E-state index is 12.6. The topological polar surface area (TPSA) is 68.7 Å². The van der Waals surface area contributed by atoms with E-state index < -0.39 is 21.1 Å². The molecule has 0 aromatic carbocycles. The lowest BCUT2D eigenvalue weighted by molar-refractivity contribution is -0.115. The van der Waals surface area contributed by atoms with Crippen LogP contribution in [0.15, 0.2) is 18.2 Å². The van der Waals surface area contributed by atoms with Gasteiger partial charge in [0.25, 0.3) is 0 Å². The molecule has 0 radical (unpaired) electrons. The zero-order chi connectivity index (χ0) is 19.0. The molecule has 3 rings (SSSR count). The van der Waals surface area contributed by atoms with E-state index in [0.29, 0.717) is 37.0 Å². The van der Waals surface area contributed by atoms with Gasteiger partial charge in [-0.15, -0.1) is 0 Å². The van der Waals surface area contributed by atoms with E-state index in [1.54, 1.807) is 0 Å². The normalized spacial score (nSPS) is 23.3. The second-order valence-electron chi connectivity index (χ2n) is 6.73. The predicted molar refractivity (Wildman–Crippen MR) is 86.6 cm³/mol. The van der Waals surface area contributed by atoms with Gasteiger partial charge in [0.05, 0.1) is 17.9 Å². The van der Waals surface area contributed by atoms with Crippen LogP contribution in [0.1, 0.15) is 24.2 Å². The molecule has 0 amide bonds. The SMILES string of the molecule is Cc1cccc(COCCC2CCOC23CN(S(=O)(=O)C(F)(F)F)C3)n1. The summed E-state index contributed by atoms with van der Waals surface area (Å²) in [7, 11) is -5.28. The number of aromatic nitrogens is 1. The number of rotatable bonds is 6. The monoisotopic (exact) mass is 394 g/mol. The van der Waals surface area contributed by atoms with Gasteiger partial charge in [0.15, 0.2) is 0 Å². The quantitative estimate of drug-likeness (QED) is 0.693. The molecule has 146 valence electrons. The minimum absolute atomic E-state index is 0.0207. The molecule has 0 saturated carbocycles. The lowest BCUT2D eigenvalue weighted by Gasteiger charge is -2.49. The minimum Gasteiger partial charge on any atom is -0.375 e. The second kappa shape index (κ2) is 7.06. The number of hydrogen-bond donors (Lipinski definition) is 0. The average molecular weight is 394 g/mol. The summed E-state index contributed by atoms with van der Waals surface area (Å²) in [6, 6.07) is 5.64. The van der Waals surface area contributed by atoms with Crippen molar-refractivity contribution in [1.82, 2.24) is 9.29 Å². The molecule has 0 bridgehead atoms. The Balaban J connectivity index is 1.49. The zero-order valence-corrected chi connectivity index (χ0v) is 15.1. The summed E-state index contributed by atoms with van der Waals surface area (Å²) in [5.41, 5.74) is -4.38. The van der Waals surface area contributed by atoms with E-state index in [0.717, 1.165) is 11.4 Å². The summed E-state index contributed by atoms with van der Waals surface area (Å²) in [6.45, 7) is 2.58. The Hall–Kier alpha value is -1.23. The summed E-state index contributed by atoms with van der Waals surface area (Å²) in [5, 5.41) is 0. The Morgan fingerprint density at radius 3 is 2.77 bits per heavy atom. The number of pyridine rings is 1. The van der Waals surface area contributed by atoms with Crippen molar-refractivity contribution in [2.45, 2.75) is 37.5 Å². The molecule has 1 atom stereocenters. The first kappa shape index (κ1) is 19.5. The smallest absolute Gasteiger partial charge is 0.375 e. The molecule has 1 aromatic rings. The number of nitrogens with zero attached hydrogens (tertiary/aromatic N) is 2. The fourth-order valence-corrected chi connectivity index (χ4v) is 4.56. The molecular weight excluding hydrogens is 373 g/mol. The molecule has 26 heavy (non-hydrogen) atoms. The standard InChI is InChI=1S/C16H21F3N2O4S/c1-12-3-2-4-14(20-12)9-24-7-5-13-6-8-25-15(13)10-21(11-15)26(22,23)16(17,18)19/h2-4,13H,5-11H2,1H3. The third kappa shape index (κ3) is 3.73. The molecule has 1 aromatic heterocycles. The molecule has 0 N–H and O–H groups in total. The van der Waals surface area contributed by atoms with Crippen molar-refractivity contribution in [3.63, 3.8) is 0 Å². The average Bonchev–Trinajstić information content (AvgIpc) is 2.93. The van der Waals surface area contributed by atoms with Gasteiger partial charge in [-0.3, -0.25) is 4.98 Å². The molecule has 6 nitrogen and oxygen atoms in total. The van der Waals surface area contributed by atoms with Gasteiger partial charge < -0.3 is 9.47 Å². The summed E-state index contributed by atoms with van der Waals surface area (Å²) in [6.07, 6.45) is 1.29. The van der Waals surface area contributed by atoms with E-state index >= 15 is 0 Å². The predicted octanol–water partition coefficient (Wildman–Crippen LogP) is 2.24. The fraction of sp³-hybridized carbons (Fsp3) is 0.688. The number of sulfonamides is 1. The molecule has 1 unspecified atom stereocenters. The van der Waals surface area contributed by atoms with Gasteiger partial charge >= 0.3 is 15.5 Å². The largest absolute Gasteiger partial charge is 0.511 e. The third-order valence-electron chi connectivity index (χ3n) is 4.93. The maximum absolute atomic E-state index is 12.6. The van der Waals surface area contributed by atoms with E-state index in [1.807, 2.05) is 25.1 Å².